The second-order valence-corrected chi connectivity index (χ2v) is 3.93. The molecule has 0 amide bonds. The maximum atomic E-state index is 11.0. The Morgan fingerprint density at radius 1 is 1.41 bits per heavy atom. The third-order valence-corrected chi connectivity index (χ3v) is 2.35. The van der Waals surface area contributed by atoms with Crippen molar-refractivity contribution in [1.82, 2.24) is 4.98 Å². The van der Waals surface area contributed by atoms with Crippen LogP contribution in [-0.4, -0.2) is 24.2 Å². The van der Waals surface area contributed by atoms with E-state index in [1.807, 2.05) is 0 Å². The number of carbonyl (C=O) groups excluding carboxylic acids is 1. The van der Waals surface area contributed by atoms with Crippen LogP contribution in [0.25, 0.3) is 0 Å². The summed E-state index contributed by atoms with van der Waals surface area (Å²) in [6, 6.07) is 3.23. The Balaban J connectivity index is 2.29. The number of nitrogens with zero attached hydrogens (tertiary/aromatic N) is 1. The number of halogens is 2. The van der Waals surface area contributed by atoms with Gasteiger partial charge in [0.25, 0.3) is 0 Å². The van der Waals surface area contributed by atoms with E-state index in [2.05, 4.69) is 4.98 Å². The molecule has 0 atom stereocenters. The molecule has 1 rings (SSSR count). The molecule has 1 heterocycles. The van der Waals surface area contributed by atoms with Crippen LogP contribution in [-0.2, 0) is 9.53 Å². The topological polar surface area (TPSA) is 48.4 Å². The second-order valence-electron chi connectivity index (χ2n) is 3.18. The maximum absolute atomic E-state index is 11.0. The number of aromatic nitrogens is 1. The van der Waals surface area contributed by atoms with E-state index in [1.54, 1.807) is 19.1 Å². The van der Waals surface area contributed by atoms with E-state index in [0.29, 0.717) is 37.0 Å². The molecule has 0 aliphatic heterocycles. The number of carbonyl (C=O) groups is 1. The number of esters is 1. The van der Waals surface area contributed by atoms with Crippen molar-refractivity contribution < 1.29 is 14.3 Å². The van der Waals surface area contributed by atoms with E-state index in [4.69, 9.17) is 32.7 Å². The lowest BCUT2D eigenvalue weighted by atomic mass is 10.3. The highest BCUT2D eigenvalue weighted by molar-refractivity contribution is 6.33. The van der Waals surface area contributed by atoms with Crippen molar-refractivity contribution in [1.29, 1.82) is 0 Å². The number of pyridine rings is 1. The van der Waals surface area contributed by atoms with Crippen molar-refractivity contribution in [2.24, 2.45) is 0 Å². The van der Waals surface area contributed by atoms with Crippen LogP contribution in [0.15, 0.2) is 12.1 Å². The van der Waals surface area contributed by atoms with E-state index >= 15 is 0 Å². The Hall–Kier alpha value is -1.00. The zero-order valence-electron chi connectivity index (χ0n) is 9.41. The lowest BCUT2D eigenvalue weighted by Crippen LogP contribution is -2.07. The average molecular weight is 278 g/mol. The highest BCUT2D eigenvalue weighted by Gasteiger charge is 2.05. The molecule has 0 aromatic carbocycles. The minimum absolute atomic E-state index is 0.216. The van der Waals surface area contributed by atoms with Crippen LogP contribution in [0.2, 0.25) is 10.3 Å². The van der Waals surface area contributed by atoms with Crippen molar-refractivity contribution in [3.63, 3.8) is 0 Å². The Labute approximate surface area is 110 Å². The molecule has 17 heavy (non-hydrogen) atoms. The Bertz CT molecular complexity index is 385. The summed E-state index contributed by atoms with van der Waals surface area (Å²) in [6.45, 7) is 2.54. The molecule has 4 nitrogen and oxygen atoms in total. The van der Waals surface area contributed by atoms with Crippen molar-refractivity contribution >= 4 is 29.2 Å². The van der Waals surface area contributed by atoms with Crippen LogP contribution < -0.4 is 4.74 Å². The van der Waals surface area contributed by atoms with Gasteiger partial charge >= 0.3 is 5.97 Å². The summed E-state index contributed by atoms with van der Waals surface area (Å²) in [6.07, 6.45) is 0.893. The zero-order valence-corrected chi connectivity index (χ0v) is 10.9. The third kappa shape index (κ3) is 5.24. The van der Waals surface area contributed by atoms with Crippen LogP contribution in [0.1, 0.15) is 19.8 Å². The van der Waals surface area contributed by atoms with Gasteiger partial charge in [-0.25, -0.2) is 4.98 Å². The lowest BCUT2D eigenvalue weighted by Gasteiger charge is -2.07. The van der Waals surface area contributed by atoms with Crippen LogP contribution in [0.5, 0.6) is 5.75 Å². The molecule has 0 bridgehead atoms. The predicted molar refractivity (Wildman–Crippen MR) is 65.6 cm³/mol. The Morgan fingerprint density at radius 3 is 2.82 bits per heavy atom. The molecule has 0 fully saturated rings. The van der Waals surface area contributed by atoms with Crippen molar-refractivity contribution in [2.75, 3.05) is 13.2 Å². The molecule has 0 saturated heterocycles. The van der Waals surface area contributed by atoms with Gasteiger partial charge in [0.15, 0.2) is 10.9 Å². The van der Waals surface area contributed by atoms with Gasteiger partial charge in [-0.15, -0.1) is 0 Å². The first-order valence-electron chi connectivity index (χ1n) is 5.24. The summed E-state index contributed by atoms with van der Waals surface area (Å²) >= 11 is 11.5. The fraction of sp³-hybridized carbons (Fsp3) is 0.455. The zero-order chi connectivity index (χ0) is 12.7. The van der Waals surface area contributed by atoms with Gasteiger partial charge in [0.1, 0.15) is 5.15 Å². The van der Waals surface area contributed by atoms with Crippen molar-refractivity contribution in [3.8, 4) is 5.75 Å². The highest BCUT2D eigenvalue weighted by atomic mass is 35.5. The molecule has 0 saturated carbocycles. The average Bonchev–Trinajstić information content (AvgIpc) is 2.27. The van der Waals surface area contributed by atoms with Crippen LogP contribution in [0.3, 0.4) is 0 Å². The molecule has 1 aromatic rings. The van der Waals surface area contributed by atoms with E-state index in [9.17, 15) is 4.79 Å². The molecule has 0 radical (unpaired) electrons. The summed E-state index contributed by atoms with van der Waals surface area (Å²) in [5.41, 5.74) is 0. The Kier molecular flexibility index (Phi) is 6.08. The molecular formula is C11H13Cl2NO3. The van der Waals surface area contributed by atoms with Gasteiger partial charge in [-0.1, -0.05) is 23.2 Å². The van der Waals surface area contributed by atoms with E-state index < -0.39 is 0 Å². The fourth-order valence-electron chi connectivity index (χ4n) is 1.14. The SMILES string of the molecule is CCOC(=O)CCCOc1ccc(Cl)nc1Cl. The molecule has 1 aromatic heterocycles. The van der Waals surface area contributed by atoms with E-state index in [-0.39, 0.29) is 11.1 Å². The molecule has 0 N–H and O–H groups in total. The summed E-state index contributed by atoms with van der Waals surface area (Å²) in [7, 11) is 0. The molecule has 0 aliphatic rings. The normalized spacial score (nSPS) is 10.1. The minimum Gasteiger partial charge on any atom is -0.490 e. The summed E-state index contributed by atoms with van der Waals surface area (Å²) < 4.78 is 10.1. The third-order valence-electron chi connectivity index (χ3n) is 1.87. The number of hydrogen-bond donors (Lipinski definition) is 0. The summed E-state index contributed by atoms with van der Waals surface area (Å²) in [4.78, 5) is 14.9. The summed E-state index contributed by atoms with van der Waals surface area (Å²) in [5, 5.41) is 0.530. The first kappa shape index (κ1) is 14.1. The van der Waals surface area contributed by atoms with Gasteiger partial charge in [0.05, 0.1) is 13.2 Å². The van der Waals surface area contributed by atoms with Gasteiger partial charge < -0.3 is 9.47 Å². The first-order chi connectivity index (χ1) is 8.13. The number of hydrogen-bond acceptors (Lipinski definition) is 4. The van der Waals surface area contributed by atoms with Gasteiger partial charge in [-0.3, -0.25) is 4.79 Å². The van der Waals surface area contributed by atoms with Crippen molar-refractivity contribution in [3.05, 3.63) is 22.4 Å². The molecule has 0 unspecified atom stereocenters. The summed E-state index contributed by atoms with van der Waals surface area (Å²) in [5.74, 6) is 0.233. The minimum atomic E-state index is -0.226. The predicted octanol–water partition coefficient (Wildman–Crippen LogP) is 3.11. The van der Waals surface area contributed by atoms with Gasteiger partial charge in [0, 0.05) is 6.42 Å². The standard InChI is InChI=1S/C11H13Cl2NO3/c1-2-16-10(15)4-3-7-17-8-5-6-9(12)14-11(8)13/h5-6H,2-4,7H2,1H3. The van der Waals surface area contributed by atoms with Gasteiger partial charge in [-0.05, 0) is 25.5 Å². The quantitative estimate of drug-likeness (QED) is 0.455. The molecular weight excluding hydrogens is 265 g/mol. The molecule has 94 valence electrons. The van der Waals surface area contributed by atoms with Crippen LogP contribution in [0, 0.1) is 0 Å². The lowest BCUT2D eigenvalue weighted by molar-refractivity contribution is -0.143. The first-order valence-corrected chi connectivity index (χ1v) is 5.99. The molecule has 0 spiro atoms. The van der Waals surface area contributed by atoms with Gasteiger partial charge in [-0.2, -0.15) is 0 Å². The number of rotatable bonds is 6. The largest absolute Gasteiger partial charge is 0.490 e. The van der Waals surface area contributed by atoms with E-state index in [1.165, 1.54) is 0 Å². The fourth-order valence-corrected chi connectivity index (χ4v) is 1.54. The van der Waals surface area contributed by atoms with Gasteiger partial charge in [0.2, 0.25) is 0 Å². The monoisotopic (exact) mass is 277 g/mol. The highest BCUT2D eigenvalue weighted by Crippen LogP contribution is 2.23. The van der Waals surface area contributed by atoms with E-state index in [0.717, 1.165) is 0 Å². The maximum Gasteiger partial charge on any atom is 0.305 e. The molecule has 0 aliphatic carbocycles. The second kappa shape index (κ2) is 7.35. The van der Waals surface area contributed by atoms with Crippen LogP contribution >= 0.6 is 23.2 Å². The van der Waals surface area contributed by atoms with Crippen LogP contribution in [0.4, 0.5) is 0 Å². The number of ether oxygens (including phenoxy) is 2. The Morgan fingerprint density at radius 2 is 2.18 bits per heavy atom. The smallest absolute Gasteiger partial charge is 0.305 e. The van der Waals surface area contributed by atoms with Crippen molar-refractivity contribution in [2.45, 2.75) is 19.8 Å². The molecule has 6 heteroatoms.